The fourth-order valence-corrected chi connectivity index (χ4v) is 2.25. The van der Waals surface area contributed by atoms with Crippen LogP contribution in [-0.2, 0) is 4.79 Å². The van der Waals surface area contributed by atoms with Gasteiger partial charge < -0.3 is 4.57 Å². The Balaban J connectivity index is 2.28. The summed E-state index contributed by atoms with van der Waals surface area (Å²) in [5.41, 5.74) is 1.47. The Hall–Kier alpha value is -1.75. The summed E-state index contributed by atoms with van der Waals surface area (Å²) in [5, 5.41) is 10.5. The van der Waals surface area contributed by atoms with Crippen LogP contribution in [0.5, 0.6) is 0 Å². The van der Waals surface area contributed by atoms with E-state index >= 15 is 0 Å². The van der Waals surface area contributed by atoms with Gasteiger partial charge in [0.25, 0.3) is 5.91 Å². The second-order valence-electron chi connectivity index (χ2n) is 4.12. The number of likely N-dealkylation sites (N-methyl/N-ethyl adjacent to an activating group) is 1. The molecule has 0 radical (unpaired) electrons. The van der Waals surface area contributed by atoms with Crippen LogP contribution in [0.2, 0.25) is 10.0 Å². The van der Waals surface area contributed by atoms with Crippen LogP contribution in [0.3, 0.4) is 0 Å². The first-order chi connectivity index (χ1) is 9.49. The predicted octanol–water partition coefficient (Wildman–Crippen LogP) is 3.64. The van der Waals surface area contributed by atoms with Crippen molar-refractivity contribution >= 4 is 35.2 Å². The Morgan fingerprint density at radius 1 is 1.30 bits per heavy atom. The topological polar surface area (TPSA) is 45.5 Å². The highest BCUT2D eigenvalue weighted by atomic mass is 35.5. The summed E-state index contributed by atoms with van der Waals surface area (Å²) < 4.78 is 1.78. The lowest BCUT2D eigenvalue weighted by Gasteiger charge is -2.07. The van der Waals surface area contributed by atoms with Crippen LogP contribution >= 0.6 is 23.2 Å². The van der Waals surface area contributed by atoms with Crippen molar-refractivity contribution in [2.75, 3.05) is 7.05 Å². The summed E-state index contributed by atoms with van der Waals surface area (Å²) in [6.45, 7) is 0. The van der Waals surface area contributed by atoms with Crippen LogP contribution in [-0.4, -0.2) is 27.8 Å². The molecule has 0 fully saturated rings. The molecule has 0 saturated carbocycles. The molecule has 0 aliphatic carbocycles. The number of hydrogen-bond acceptors (Lipinski definition) is 2. The number of hydroxylamine groups is 2. The lowest BCUT2D eigenvalue weighted by Crippen LogP contribution is -2.19. The number of rotatable bonds is 3. The zero-order valence-electron chi connectivity index (χ0n) is 10.6. The molecule has 0 aliphatic rings. The maximum absolute atomic E-state index is 11.2. The van der Waals surface area contributed by atoms with Crippen molar-refractivity contribution < 1.29 is 10.0 Å². The molecule has 1 aromatic carbocycles. The van der Waals surface area contributed by atoms with Crippen LogP contribution in [0, 0.1) is 0 Å². The van der Waals surface area contributed by atoms with Crippen LogP contribution in [0.4, 0.5) is 0 Å². The predicted molar refractivity (Wildman–Crippen MR) is 79.4 cm³/mol. The van der Waals surface area contributed by atoms with Crippen LogP contribution in [0.15, 0.2) is 42.7 Å². The normalized spacial score (nSPS) is 11.0. The van der Waals surface area contributed by atoms with Crippen molar-refractivity contribution in [1.29, 1.82) is 0 Å². The van der Waals surface area contributed by atoms with E-state index in [1.807, 2.05) is 0 Å². The summed E-state index contributed by atoms with van der Waals surface area (Å²) in [7, 11) is 1.27. The lowest BCUT2D eigenvalue weighted by molar-refractivity contribution is -0.153. The summed E-state index contributed by atoms with van der Waals surface area (Å²) >= 11 is 12.3. The summed E-state index contributed by atoms with van der Waals surface area (Å²) in [4.78, 5) is 11.2. The number of nitrogens with zero attached hydrogens (tertiary/aromatic N) is 2. The number of para-hydroxylation sites is 1. The van der Waals surface area contributed by atoms with E-state index in [4.69, 9.17) is 28.4 Å². The summed E-state index contributed by atoms with van der Waals surface area (Å²) in [6, 6.07) is 7.08. The van der Waals surface area contributed by atoms with Gasteiger partial charge in [-0.05, 0) is 29.8 Å². The van der Waals surface area contributed by atoms with Crippen molar-refractivity contribution in [2.45, 2.75) is 0 Å². The van der Waals surface area contributed by atoms with Gasteiger partial charge in [-0.15, -0.1) is 0 Å². The van der Waals surface area contributed by atoms with E-state index in [0.717, 1.165) is 5.56 Å². The molecule has 0 atom stereocenters. The second-order valence-corrected chi connectivity index (χ2v) is 4.93. The van der Waals surface area contributed by atoms with E-state index in [0.29, 0.717) is 20.8 Å². The Kier molecular flexibility index (Phi) is 4.49. The average Bonchev–Trinajstić information content (AvgIpc) is 2.84. The number of hydrogen-bond donors (Lipinski definition) is 1. The second kappa shape index (κ2) is 6.13. The van der Waals surface area contributed by atoms with Gasteiger partial charge in [-0.3, -0.25) is 10.0 Å². The number of aromatic nitrogens is 1. The monoisotopic (exact) mass is 310 g/mol. The third-order valence-corrected chi connectivity index (χ3v) is 3.26. The molecule has 1 aromatic heterocycles. The molecular weight excluding hydrogens is 299 g/mol. The van der Waals surface area contributed by atoms with Crippen molar-refractivity contribution in [3.05, 3.63) is 58.3 Å². The van der Waals surface area contributed by atoms with Gasteiger partial charge in [0.05, 0.1) is 15.7 Å². The van der Waals surface area contributed by atoms with Gasteiger partial charge in [0.1, 0.15) is 0 Å². The average molecular weight is 311 g/mol. The first-order valence-electron chi connectivity index (χ1n) is 5.76. The molecule has 0 saturated heterocycles. The maximum Gasteiger partial charge on any atom is 0.269 e. The molecule has 2 rings (SSSR count). The van der Waals surface area contributed by atoms with Crippen LogP contribution < -0.4 is 0 Å². The minimum atomic E-state index is -0.506. The quantitative estimate of drug-likeness (QED) is 0.534. The zero-order valence-corrected chi connectivity index (χ0v) is 12.1. The molecule has 0 bridgehead atoms. The number of halogens is 2. The Labute approximate surface area is 126 Å². The van der Waals surface area contributed by atoms with E-state index in [1.165, 1.54) is 13.1 Å². The fraction of sp³-hybridized carbons (Fsp3) is 0.0714. The molecule has 20 heavy (non-hydrogen) atoms. The van der Waals surface area contributed by atoms with Gasteiger partial charge in [-0.25, -0.2) is 5.06 Å². The van der Waals surface area contributed by atoms with E-state index < -0.39 is 5.91 Å². The molecule has 2 aromatic rings. The van der Waals surface area contributed by atoms with Gasteiger partial charge >= 0.3 is 0 Å². The fourth-order valence-electron chi connectivity index (χ4n) is 1.66. The van der Waals surface area contributed by atoms with Crippen molar-refractivity contribution in [3.8, 4) is 5.69 Å². The summed E-state index contributed by atoms with van der Waals surface area (Å²) in [5.74, 6) is -0.506. The molecule has 1 amide bonds. The Morgan fingerprint density at radius 2 is 1.95 bits per heavy atom. The number of carbonyl (C=O) groups excluding carboxylic acids is 1. The lowest BCUT2D eigenvalue weighted by atomic mass is 10.3. The number of amides is 1. The Bertz CT molecular complexity index is 643. The van der Waals surface area contributed by atoms with E-state index in [-0.39, 0.29) is 0 Å². The first-order valence-corrected chi connectivity index (χ1v) is 6.51. The highest BCUT2D eigenvalue weighted by molar-refractivity contribution is 6.37. The minimum Gasteiger partial charge on any atom is -0.321 e. The van der Waals surface area contributed by atoms with Gasteiger partial charge in [0.15, 0.2) is 0 Å². The summed E-state index contributed by atoms with van der Waals surface area (Å²) in [6.07, 6.45) is 6.44. The zero-order chi connectivity index (χ0) is 14.7. The van der Waals surface area contributed by atoms with Gasteiger partial charge in [-0.2, -0.15) is 0 Å². The Morgan fingerprint density at radius 3 is 2.55 bits per heavy atom. The smallest absolute Gasteiger partial charge is 0.269 e. The molecule has 0 unspecified atom stereocenters. The molecule has 4 nitrogen and oxygen atoms in total. The third kappa shape index (κ3) is 3.22. The highest BCUT2D eigenvalue weighted by Crippen LogP contribution is 2.28. The van der Waals surface area contributed by atoms with E-state index in [9.17, 15) is 4.79 Å². The van der Waals surface area contributed by atoms with Gasteiger partial charge in [0, 0.05) is 25.5 Å². The molecule has 1 N–H and O–H groups in total. The van der Waals surface area contributed by atoms with Crippen LogP contribution in [0.1, 0.15) is 5.56 Å². The molecular formula is C14H12Cl2N2O2. The minimum absolute atomic E-state index is 0.506. The molecule has 1 heterocycles. The molecule has 104 valence electrons. The van der Waals surface area contributed by atoms with E-state index in [2.05, 4.69) is 0 Å². The van der Waals surface area contributed by atoms with Gasteiger partial charge in [-0.1, -0.05) is 29.3 Å². The largest absolute Gasteiger partial charge is 0.321 e. The standard InChI is InChI=1S/C14H12Cl2N2O2/c1-17(20)13(19)6-5-10-7-8-18(9-10)14-11(15)3-2-4-12(14)16/h2-9,20H,1H3. The van der Waals surface area contributed by atoms with Crippen LogP contribution in [0.25, 0.3) is 11.8 Å². The number of carbonyl (C=O) groups is 1. The van der Waals surface area contributed by atoms with Crippen molar-refractivity contribution in [2.24, 2.45) is 0 Å². The first kappa shape index (κ1) is 14.7. The van der Waals surface area contributed by atoms with Gasteiger partial charge in [0.2, 0.25) is 0 Å². The van der Waals surface area contributed by atoms with Crippen molar-refractivity contribution in [1.82, 2.24) is 9.63 Å². The highest BCUT2D eigenvalue weighted by Gasteiger charge is 2.07. The maximum atomic E-state index is 11.2. The molecule has 6 heteroatoms. The molecule has 0 spiro atoms. The molecule has 0 aliphatic heterocycles. The number of benzene rings is 1. The van der Waals surface area contributed by atoms with Crippen molar-refractivity contribution in [3.63, 3.8) is 0 Å². The SMILES string of the molecule is CN(O)C(=O)C=Cc1ccn(-c2c(Cl)cccc2Cl)c1. The third-order valence-electron chi connectivity index (χ3n) is 2.65. The van der Waals surface area contributed by atoms with E-state index in [1.54, 1.807) is 47.3 Å².